The van der Waals surface area contributed by atoms with E-state index < -0.39 is 21.6 Å². The van der Waals surface area contributed by atoms with Gasteiger partial charge < -0.3 is 10.1 Å². The molecule has 0 aromatic heterocycles. The van der Waals surface area contributed by atoms with Crippen LogP contribution < -0.4 is 5.32 Å². The monoisotopic (exact) mass is 391 g/mol. The lowest BCUT2D eigenvalue weighted by Gasteiger charge is -2.13. The number of rotatable bonds is 6. The Bertz CT molecular complexity index is 823. The lowest BCUT2D eigenvalue weighted by atomic mass is 10.0. The van der Waals surface area contributed by atoms with Crippen LogP contribution in [0.3, 0.4) is 0 Å². The van der Waals surface area contributed by atoms with E-state index >= 15 is 0 Å². The van der Waals surface area contributed by atoms with Crippen molar-refractivity contribution >= 4 is 40.8 Å². The molecule has 2 aromatic rings. The van der Waals surface area contributed by atoms with Gasteiger partial charge >= 0.3 is 5.97 Å². The number of para-hydroxylation sites is 1. The minimum Gasteiger partial charge on any atom is -0.455 e. The Kier molecular flexibility index (Phi) is 5.26. The summed E-state index contributed by atoms with van der Waals surface area (Å²) < 4.78 is 3.97. The van der Waals surface area contributed by atoms with Gasteiger partial charge in [0, 0.05) is 12.1 Å². The van der Waals surface area contributed by atoms with E-state index in [4.69, 9.17) is 27.9 Å². The van der Waals surface area contributed by atoms with E-state index in [9.17, 15) is 9.59 Å². The highest BCUT2D eigenvalue weighted by Gasteiger charge is 2.69. The van der Waals surface area contributed by atoms with Crippen LogP contribution in [-0.2, 0) is 20.7 Å². The van der Waals surface area contributed by atoms with Crippen molar-refractivity contribution in [2.75, 3.05) is 11.9 Å². The first-order valence-electron chi connectivity index (χ1n) is 8.28. The first-order valence-corrected chi connectivity index (χ1v) is 9.04. The maximum Gasteiger partial charge on any atom is 0.315 e. The van der Waals surface area contributed by atoms with Gasteiger partial charge in [-0.3, -0.25) is 9.59 Å². The summed E-state index contributed by atoms with van der Waals surface area (Å²) in [4.78, 5) is 24.2. The van der Waals surface area contributed by atoms with Gasteiger partial charge in [-0.1, -0.05) is 48.5 Å². The number of carbonyl (C=O) groups excluding carboxylic acids is 2. The second-order valence-electron chi connectivity index (χ2n) is 6.66. The Morgan fingerprint density at radius 2 is 1.69 bits per heavy atom. The minimum atomic E-state index is -1.11. The van der Waals surface area contributed by atoms with Gasteiger partial charge in [-0.25, -0.2) is 0 Å². The molecule has 1 amide bonds. The van der Waals surface area contributed by atoms with E-state index in [1.807, 2.05) is 54.6 Å². The van der Waals surface area contributed by atoms with Crippen molar-refractivity contribution in [2.45, 2.75) is 24.1 Å². The Morgan fingerprint density at radius 3 is 2.35 bits per heavy atom. The number of esters is 1. The number of anilines is 1. The average molecular weight is 392 g/mol. The fourth-order valence-corrected chi connectivity index (χ4v) is 3.40. The van der Waals surface area contributed by atoms with Gasteiger partial charge in [-0.05, 0) is 30.5 Å². The quantitative estimate of drug-likeness (QED) is 0.588. The highest BCUT2D eigenvalue weighted by molar-refractivity contribution is 6.53. The summed E-state index contributed by atoms with van der Waals surface area (Å²) in [6.07, 6.45) is 1.01. The number of hydrogen-bond donors (Lipinski definition) is 1. The van der Waals surface area contributed by atoms with Gasteiger partial charge in [0.05, 0.1) is 0 Å². The summed E-state index contributed by atoms with van der Waals surface area (Å²) in [5, 5.41) is 2.80. The standard InChI is InChI=1S/C20H19Cl2NO3/c1-19(13-20(19,21)22)18(25)26-12-17(24)23-16-10-6-5-9-15(16)11-14-7-3-2-4-8-14/h2-10H,11-13H2,1H3,(H,23,24)/t19-/m1/s1. The molecule has 1 saturated carbocycles. The molecule has 0 bridgehead atoms. The third-order valence-corrected chi connectivity index (χ3v) is 5.67. The lowest BCUT2D eigenvalue weighted by Crippen LogP contribution is -2.27. The molecule has 3 rings (SSSR count). The van der Waals surface area contributed by atoms with Crippen molar-refractivity contribution in [1.82, 2.24) is 0 Å². The smallest absolute Gasteiger partial charge is 0.315 e. The van der Waals surface area contributed by atoms with E-state index in [-0.39, 0.29) is 6.61 Å². The molecular weight excluding hydrogens is 373 g/mol. The van der Waals surface area contributed by atoms with Gasteiger partial charge in [-0.15, -0.1) is 23.2 Å². The predicted molar refractivity (Wildman–Crippen MR) is 102 cm³/mol. The van der Waals surface area contributed by atoms with Gasteiger partial charge in [0.15, 0.2) is 6.61 Å². The third kappa shape index (κ3) is 4.02. The van der Waals surface area contributed by atoms with E-state index in [0.717, 1.165) is 11.1 Å². The molecule has 0 spiro atoms. The highest BCUT2D eigenvalue weighted by atomic mass is 35.5. The maximum atomic E-state index is 12.2. The van der Waals surface area contributed by atoms with E-state index in [0.29, 0.717) is 18.5 Å². The zero-order chi connectivity index (χ0) is 18.8. The van der Waals surface area contributed by atoms with Crippen molar-refractivity contribution in [3.63, 3.8) is 0 Å². The number of ether oxygens (including phenoxy) is 1. The number of carbonyl (C=O) groups is 2. The van der Waals surface area contributed by atoms with Gasteiger partial charge in [0.1, 0.15) is 9.75 Å². The van der Waals surface area contributed by atoms with Crippen molar-refractivity contribution in [2.24, 2.45) is 5.41 Å². The largest absolute Gasteiger partial charge is 0.455 e. The first-order chi connectivity index (χ1) is 12.3. The Hall–Kier alpha value is -2.04. The fourth-order valence-electron chi connectivity index (χ4n) is 2.71. The average Bonchev–Trinajstić information content (AvgIpc) is 3.15. The number of halogens is 2. The SMILES string of the molecule is C[C@]1(C(=O)OCC(=O)Nc2ccccc2Cc2ccccc2)CC1(Cl)Cl. The fraction of sp³-hybridized carbons (Fsp3) is 0.300. The van der Waals surface area contributed by atoms with Crippen LogP contribution in [-0.4, -0.2) is 22.8 Å². The van der Waals surface area contributed by atoms with Gasteiger partial charge in [0.25, 0.3) is 5.91 Å². The summed E-state index contributed by atoms with van der Waals surface area (Å²) in [6.45, 7) is 1.25. The van der Waals surface area contributed by atoms with Crippen LogP contribution in [0.4, 0.5) is 5.69 Å². The van der Waals surface area contributed by atoms with Crippen LogP contribution in [0.5, 0.6) is 0 Å². The van der Waals surface area contributed by atoms with Crippen LogP contribution >= 0.6 is 23.2 Å². The molecule has 2 aromatic carbocycles. The third-order valence-electron chi connectivity index (χ3n) is 4.57. The van der Waals surface area contributed by atoms with E-state index in [1.54, 1.807) is 6.92 Å². The summed E-state index contributed by atoms with van der Waals surface area (Å²) in [5.74, 6) is -0.965. The minimum absolute atomic E-state index is 0.323. The van der Waals surface area contributed by atoms with Crippen molar-refractivity contribution in [3.8, 4) is 0 Å². The summed E-state index contributed by atoms with van der Waals surface area (Å²) in [5.41, 5.74) is 1.87. The molecule has 26 heavy (non-hydrogen) atoms. The predicted octanol–water partition coefficient (Wildman–Crippen LogP) is 4.34. The van der Waals surface area contributed by atoms with Crippen LogP contribution in [0, 0.1) is 5.41 Å². The maximum absolute atomic E-state index is 12.2. The molecular formula is C20H19Cl2NO3. The Balaban J connectivity index is 1.59. The number of alkyl halides is 2. The van der Waals surface area contributed by atoms with Crippen molar-refractivity contribution < 1.29 is 14.3 Å². The van der Waals surface area contributed by atoms with E-state index in [1.165, 1.54) is 0 Å². The molecule has 0 unspecified atom stereocenters. The molecule has 1 aliphatic carbocycles. The van der Waals surface area contributed by atoms with Crippen LogP contribution in [0.1, 0.15) is 24.5 Å². The van der Waals surface area contributed by atoms with Gasteiger partial charge in [-0.2, -0.15) is 0 Å². The number of hydrogen-bond acceptors (Lipinski definition) is 3. The molecule has 1 fully saturated rings. The number of benzene rings is 2. The molecule has 136 valence electrons. The molecule has 0 saturated heterocycles. The summed E-state index contributed by atoms with van der Waals surface area (Å²) >= 11 is 11.9. The van der Waals surface area contributed by atoms with Crippen molar-refractivity contribution in [1.29, 1.82) is 0 Å². The zero-order valence-electron chi connectivity index (χ0n) is 14.3. The van der Waals surface area contributed by atoms with Crippen LogP contribution in [0.2, 0.25) is 0 Å². The molecule has 1 N–H and O–H groups in total. The normalized spacial score (nSPS) is 20.3. The molecule has 0 aliphatic heterocycles. The number of nitrogens with one attached hydrogen (secondary N) is 1. The zero-order valence-corrected chi connectivity index (χ0v) is 15.8. The lowest BCUT2D eigenvalue weighted by molar-refractivity contribution is -0.152. The molecule has 1 atom stereocenters. The summed E-state index contributed by atoms with van der Waals surface area (Å²) in [7, 11) is 0. The second-order valence-corrected chi connectivity index (χ2v) is 8.14. The Labute approximate surface area is 162 Å². The molecule has 0 heterocycles. The molecule has 6 heteroatoms. The van der Waals surface area contributed by atoms with E-state index in [2.05, 4.69) is 5.32 Å². The topological polar surface area (TPSA) is 55.4 Å². The molecule has 4 nitrogen and oxygen atoms in total. The molecule has 1 aliphatic rings. The second kappa shape index (κ2) is 7.29. The van der Waals surface area contributed by atoms with Crippen LogP contribution in [0.25, 0.3) is 0 Å². The summed E-state index contributed by atoms with van der Waals surface area (Å²) in [6, 6.07) is 17.5. The highest BCUT2D eigenvalue weighted by Crippen LogP contribution is 2.64. The van der Waals surface area contributed by atoms with Gasteiger partial charge in [0.2, 0.25) is 0 Å². The Morgan fingerprint density at radius 1 is 1.08 bits per heavy atom. The first kappa shape index (κ1) is 18.7. The number of amides is 1. The molecule has 0 radical (unpaired) electrons. The van der Waals surface area contributed by atoms with Crippen molar-refractivity contribution in [3.05, 3.63) is 65.7 Å². The van der Waals surface area contributed by atoms with Crippen LogP contribution in [0.15, 0.2) is 54.6 Å².